The lowest BCUT2D eigenvalue weighted by Crippen LogP contribution is -2.59. The molecule has 0 saturated carbocycles. The molecule has 1 aromatic rings. The number of aliphatic hydroxyl groups excluding tert-OH is 3. The third-order valence-electron chi connectivity index (χ3n) is 3.86. The average molecular weight is 412 g/mol. The fourth-order valence-corrected chi connectivity index (χ4v) is 5.01. The molecule has 0 radical (unpaired) electrons. The van der Waals surface area contributed by atoms with Crippen LogP contribution in [-0.2, 0) is 31.7 Å². The lowest BCUT2D eigenvalue weighted by atomic mass is 9.99. The number of rotatable bonds is 6. The summed E-state index contributed by atoms with van der Waals surface area (Å²) in [6.07, 6.45) is -7.77. The van der Waals surface area contributed by atoms with Gasteiger partial charge in [-0.3, -0.25) is 4.18 Å². The summed E-state index contributed by atoms with van der Waals surface area (Å²) in [5.74, 6) is 0. The number of aliphatic hydroxyl groups is 3. The maximum absolute atomic E-state index is 12.2. The summed E-state index contributed by atoms with van der Waals surface area (Å²) in [7, 11) is -8.79. The van der Waals surface area contributed by atoms with Gasteiger partial charge < -0.3 is 24.8 Å². The SMILES string of the molecule is CO[C@@H]1O[C@H](COS(=O)(=O)S(=O)(=O)c2ccc(C)cc2)[C@@H](O)[C@H](O)[C@H]1O. The smallest absolute Gasteiger partial charge is 0.379 e. The second-order valence-electron chi connectivity index (χ2n) is 5.71. The molecule has 2 rings (SSSR count). The van der Waals surface area contributed by atoms with E-state index < -0.39 is 60.2 Å². The molecule has 0 bridgehead atoms. The molecule has 0 spiro atoms. The molecule has 5 atom stereocenters. The molecule has 0 unspecified atom stereocenters. The molecule has 1 fully saturated rings. The standard InChI is InChI=1S/C14H20O10S2/c1-8-3-5-9(6-4-8)25(18,19)26(20,21)23-7-10-11(15)12(16)13(17)14(22-2)24-10/h3-6,10-17H,7H2,1-2H3/t10-,11-,12+,13-,14-/m1/s1. The van der Waals surface area contributed by atoms with Gasteiger partial charge in [0.05, 0.1) is 11.5 Å². The van der Waals surface area contributed by atoms with Gasteiger partial charge in [-0.1, -0.05) is 17.7 Å². The number of aryl methyl sites for hydroxylation is 1. The normalized spacial score (nSPS) is 30.3. The number of hydrogen-bond acceptors (Lipinski definition) is 10. The molecule has 148 valence electrons. The summed E-state index contributed by atoms with van der Waals surface area (Å²) in [5.41, 5.74) is 0.735. The summed E-state index contributed by atoms with van der Waals surface area (Å²) in [6, 6.07) is 5.10. The molecule has 1 aliphatic rings. The summed E-state index contributed by atoms with van der Waals surface area (Å²) in [5, 5.41) is 29.2. The molecular formula is C14H20O10S2. The van der Waals surface area contributed by atoms with Gasteiger partial charge in [0, 0.05) is 7.11 Å². The lowest BCUT2D eigenvalue weighted by Gasteiger charge is -2.39. The summed E-state index contributed by atoms with van der Waals surface area (Å²) in [6.45, 7) is 0.799. The van der Waals surface area contributed by atoms with E-state index in [1.807, 2.05) is 0 Å². The molecule has 10 nitrogen and oxygen atoms in total. The van der Waals surface area contributed by atoms with E-state index in [4.69, 9.17) is 9.47 Å². The van der Waals surface area contributed by atoms with Gasteiger partial charge in [0.2, 0.25) is 0 Å². The van der Waals surface area contributed by atoms with E-state index >= 15 is 0 Å². The van der Waals surface area contributed by atoms with Crippen molar-refractivity contribution in [2.75, 3.05) is 13.7 Å². The van der Waals surface area contributed by atoms with E-state index in [1.54, 1.807) is 6.92 Å². The highest BCUT2D eigenvalue weighted by molar-refractivity contribution is 8.65. The van der Waals surface area contributed by atoms with Gasteiger partial charge in [-0.2, -0.15) is 8.42 Å². The Kier molecular flexibility index (Phi) is 6.40. The third kappa shape index (κ3) is 4.07. The van der Waals surface area contributed by atoms with Crippen LogP contribution in [0.2, 0.25) is 0 Å². The minimum Gasteiger partial charge on any atom is -0.387 e. The molecule has 3 N–H and O–H groups in total. The minimum atomic E-state index is -5.11. The first kappa shape index (κ1) is 21.2. The number of benzene rings is 1. The number of methoxy groups -OCH3 is 1. The lowest BCUT2D eigenvalue weighted by molar-refractivity contribution is -0.293. The van der Waals surface area contributed by atoms with Crippen LogP contribution in [0, 0.1) is 6.92 Å². The zero-order valence-corrected chi connectivity index (χ0v) is 15.6. The molecule has 1 heterocycles. The van der Waals surface area contributed by atoms with E-state index in [-0.39, 0.29) is 0 Å². The van der Waals surface area contributed by atoms with Crippen molar-refractivity contribution in [1.29, 1.82) is 0 Å². The topological polar surface area (TPSA) is 157 Å². The summed E-state index contributed by atoms with van der Waals surface area (Å²) >= 11 is 0. The first-order chi connectivity index (χ1) is 12.0. The summed E-state index contributed by atoms with van der Waals surface area (Å²) in [4.78, 5) is -0.474. The van der Waals surface area contributed by atoms with Gasteiger partial charge in [0.1, 0.15) is 24.4 Å². The van der Waals surface area contributed by atoms with Gasteiger partial charge in [-0.05, 0) is 19.1 Å². The van der Waals surface area contributed by atoms with Crippen molar-refractivity contribution in [2.24, 2.45) is 0 Å². The van der Waals surface area contributed by atoms with E-state index in [1.165, 1.54) is 12.1 Å². The predicted octanol–water partition coefficient (Wildman–Crippen LogP) is -1.52. The molecular weight excluding hydrogens is 392 g/mol. The number of hydrogen-bond donors (Lipinski definition) is 3. The van der Waals surface area contributed by atoms with Gasteiger partial charge in [-0.15, -0.1) is 0 Å². The van der Waals surface area contributed by atoms with Gasteiger partial charge in [0.25, 0.3) is 0 Å². The Morgan fingerprint density at radius 3 is 2.12 bits per heavy atom. The Morgan fingerprint density at radius 1 is 1.00 bits per heavy atom. The van der Waals surface area contributed by atoms with Crippen LogP contribution >= 0.6 is 0 Å². The Labute approximate surface area is 150 Å². The predicted molar refractivity (Wildman–Crippen MR) is 86.9 cm³/mol. The Hall–Kier alpha value is -1.12. The Bertz CT molecular complexity index is 816. The zero-order valence-electron chi connectivity index (χ0n) is 13.9. The highest BCUT2D eigenvalue weighted by Gasteiger charge is 2.45. The van der Waals surface area contributed by atoms with Crippen LogP contribution < -0.4 is 0 Å². The van der Waals surface area contributed by atoms with Crippen LogP contribution in [0.5, 0.6) is 0 Å². The summed E-state index contributed by atoms with van der Waals surface area (Å²) < 4.78 is 63.0. The van der Waals surface area contributed by atoms with Gasteiger partial charge in [-0.25, -0.2) is 8.42 Å². The quantitative estimate of drug-likeness (QED) is 0.469. The van der Waals surface area contributed by atoms with Crippen molar-refractivity contribution >= 4 is 18.0 Å². The molecule has 1 aliphatic heterocycles. The fourth-order valence-electron chi connectivity index (χ4n) is 2.29. The Morgan fingerprint density at radius 2 is 1.58 bits per heavy atom. The van der Waals surface area contributed by atoms with E-state index in [2.05, 4.69) is 4.18 Å². The van der Waals surface area contributed by atoms with E-state index in [0.29, 0.717) is 0 Å². The van der Waals surface area contributed by atoms with Crippen LogP contribution in [0.1, 0.15) is 5.56 Å². The second-order valence-corrected chi connectivity index (χ2v) is 10.7. The molecule has 0 amide bonds. The van der Waals surface area contributed by atoms with E-state index in [9.17, 15) is 32.2 Å². The number of ether oxygens (including phenoxy) is 2. The Balaban J connectivity index is 2.15. The molecule has 12 heteroatoms. The fraction of sp³-hybridized carbons (Fsp3) is 0.571. The van der Waals surface area contributed by atoms with Crippen LogP contribution in [0.4, 0.5) is 0 Å². The van der Waals surface area contributed by atoms with Crippen molar-refractivity contribution < 1.29 is 45.8 Å². The third-order valence-corrected chi connectivity index (χ3v) is 8.15. The van der Waals surface area contributed by atoms with Crippen LogP contribution in [0.3, 0.4) is 0 Å². The molecule has 26 heavy (non-hydrogen) atoms. The van der Waals surface area contributed by atoms with Crippen LogP contribution in [0.25, 0.3) is 0 Å². The van der Waals surface area contributed by atoms with Crippen LogP contribution in [0.15, 0.2) is 29.2 Å². The van der Waals surface area contributed by atoms with Crippen molar-refractivity contribution in [2.45, 2.75) is 42.5 Å². The maximum Gasteiger partial charge on any atom is 0.379 e. The van der Waals surface area contributed by atoms with Crippen LogP contribution in [-0.4, -0.2) is 76.6 Å². The van der Waals surface area contributed by atoms with Crippen molar-refractivity contribution in [3.05, 3.63) is 29.8 Å². The highest BCUT2D eigenvalue weighted by atomic mass is 33.2. The highest BCUT2D eigenvalue weighted by Crippen LogP contribution is 2.24. The maximum atomic E-state index is 12.2. The first-order valence-corrected chi connectivity index (χ1v) is 10.9. The average Bonchev–Trinajstić information content (AvgIpc) is 2.59. The second kappa shape index (κ2) is 7.86. The minimum absolute atomic E-state index is 0.474. The van der Waals surface area contributed by atoms with Gasteiger partial charge >= 0.3 is 18.0 Å². The van der Waals surface area contributed by atoms with Crippen molar-refractivity contribution in [1.82, 2.24) is 0 Å². The zero-order chi connectivity index (χ0) is 19.7. The monoisotopic (exact) mass is 412 g/mol. The largest absolute Gasteiger partial charge is 0.387 e. The molecule has 1 aromatic carbocycles. The van der Waals surface area contributed by atoms with Gasteiger partial charge in [0.15, 0.2) is 6.29 Å². The van der Waals surface area contributed by atoms with E-state index in [0.717, 1.165) is 24.8 Å². The first-order valence-electron chi connectivity index (χ1n) is 7.45. The van der Waals surface area contributed by atoms with Crippen molar-refractivity contribution in [3.8, 4) is 0 Å². The molecule has 1 saturated heterocycles. The molecule has 0 aliphatic carbocycles. The molecule has 0 aromatic heterocycles. The van der Waals surface area contributed by atoms with Crippen molar-refractivity contribution in [3.63, 3.8) is 0 Å².